The van der Waals surface area contributed by atoms with E-state index in [4.69, 9.17) is 11.6 Å². The molecule has 0 aromatic carbocycles. The van der Waals surface area contributed by atoms with E-state index in [-0.39, 0.29) is 5.69 Å². The van der Waals surface area contributed by atoms with Gasteiger partial charge in [0.2, 0.25) is 5.95 Å². The van der Waals surface area contributed by atoms with Gasteiger partial charge in [0, 0.05) is 6.07 Å². The number of alkyl halides is 6. The summed E-state index contributed by atoms with van der Waals surface area (Å²) in [4.78, 5) is 2.98. The Kier molecular flexibility index (Phi) is 4.07. The molecule has 1 heterocycles. The van der Waals surface area contributed by atoms with Crippen molar-refractivity contribution in [3.8, 4) is 5.75 Å². The van der Waals surface area contributed by atoms with Gasteiger partial charge in [-0.05, 0) is 0 Å². The van der Waals surface area contributed by atoms with Crippen LogP contribution in [0.1, 0.15) is 17.7 Å². The molecule has 1 rings (SSSR count). The summed E-state index contributed by atoms with van der Waals surface area (Å²) in [6.07, 6.45) is -8.69. The molecule has 0 aliphatic heterocycles. The van der Waals surface area contributed by atoms with Crippen LogP contribution in [0.3, 0.4) is 0 Å². The third-order valence-electron chi connectivity index (χ3n) is 1.61. The molecule has 0 N–H and O–H groups in total. The van der Waals surface area contributed by atoms with Gasteiger partial charge in [-0.25, -0.2) is 13.8 Å². The predicted molar refractivity (Wildman–Crippen MR) is 45.4 cm³/mol. The Morgan fingerprint density at radius 1 is 1.35 bits per heavy atom. The average molecular weight is 280 g/mol. The third-order valence-corrected chi connectivity index (χ3v) is 1.88. The smallest absolute Gasteiger partial charge is 0.405 e. The first-order valence-corrected chi connectivity index (χ1v) is 4.57. The van der Waals surface area contributed by atoms with Crippen LogP contribution < -0.4 is 4.74 Å². The van der Waals surface area contributed by atoms with Crippen LogP contribution in [0.4, 0.5) is 26.3 Å². The van der Waals surface area contributed by atoms with Crippen molar-refractivity contribution in [2.24, 2.45) is 0 Å². The highest BCUT2D eigenvalue weighted by molar-refractivity contribution is 6.16. The van der Waals surface area contributed by atoms with Gasteiger partial charge >= 0.3 is 6.36 Å². The van der Waals surface area contributed by atoms with Crippen LogP contribution in [0, 0.1) is 5.95 Å². The molecule has 0 spiro atoms. The second kappa shape index (κ2) is 4.99. The minimum Gasteiger partial charge on any atom is -0.405 e. The second-order valence-corrected chi connectivity index (χ2v) is 3.07. The van der Waals surface area contributed by atoms with Gasteiger partial charge in [-0.3, -0.25) is 0 Å². The highest BCUT2D eigenvalue weighted by Crippen LogP contribution is 2.34. The summed E-state index contributed by atoms with van der Waals surface area (Å²) in [5.74, 6) is -3.51. The predicted octanol–water partition coefficient (Wildman–Crippen LogP) is 3.80. The molecule has 0 amide bonds. The van der Waals surface area contributed by atoms with E-state index in [0.29, 0.717) is 6.07 Å². The second-order valence-electron chi connectivity index (χ2n) is 2.80. The summed E-state index contributed by atoms with van der Waals surface area (Å²) in [6.45, 7) is 0. The maximum Gasteiger partial charge on any atom is 0.573 e. The Morgan fingerprint density at radius 2 is 1.94 bits per heavy atom. The van der Waals surface area contributed by atoms with E-state index in [0.717, 1.165) is 0 Å². The van der Waals surface area contributed by atoms with Crippen molar-refractivity contribution < 1.29 is 31.1 Å². The van der Waals surface area contributed by atoms with E-state index >= 15 is 0 Å². The monoisotopic (exact) mass is 279 g/mol. The molecule has 0 bridgehead atoms. The Hall–Kier alpha value is -1.18. The first-order chi connectivity index (χ1) is 7.74. The molecular formula is C8H4ClF6NO. The van der Waals surface area contributed by atoms with Crippen LogP contribution in [0.5, 0.6) is 5.75 Å². The number of pyridine rings is 1. The molecule has 1 aromatic heterocycles. The van der Waals surface area contributed by atoms with Gasteiger partial charge in [-0.2, -0.15) is 4.39 Å². The zero-order valence-electron chi connectivity index (χ0n) is 7.86. The number of ether oxygens (including phenoxy) is 1. The number of aromatic nitrogens is 1. The van der Waals surface area contributed by atoms with Gasteiger partial charge in [0.05, 0.1) is 11.6 Å². The molecule has 0 saturated heterocycles. The molecule has 0 atom stereocenters. The number of halogens is 7. The van der Waals surface area contributed by atoms with Crippen LogP contribution >= 0.6 is 11.6 Å². The van der Waals surface area contributed by atoms with Crippen LogP contribution in [-0.4, -0.2) is 11.3 Å². The van der Waals surface area contributed by atoms with Gasteiger partial charge in [-0.1, -0.05) is 0 Å². The average Bonchev–Trinajstić information content (AvgIpc) is 2.13. The van der Waals surface area contributed by atoms with Crippen molar-refractivity contribution in [2.75, 3.05) is 0 Å². The number of hydrogen-bond acceptors (Lipinski definition) is 2. The van der Waals surface area contributed by atoms with Gasteiger partial charge in [0.15, 0.2) is 0 Å². The minimum absolute atomic E-state index is 0.340. The van der Waals surface area contributed by atoms with E-state index in [1.54, 1.807) is 0 Å². The number of nitrogens with zero attached hydrogens (tertiary/aromatic N) is 1. The van der Waals surface area contributed by atoms with Crippen molar-refractivity contribution in [3.05, 3.63) is 23.3 Å². The third kappa shape index (κ3) is 3.65. The maximum atomic E-state index is 13.0. The van der Waals surface area contributed by atoms with Crippen LogP contribution in [0.15, 0.2) is 6.07 Å². The standard InChI is InChI=1S/C8H4ClF6NO/c9-2-3-1-4(17-8(13,14)15)5(6(10)11)7(12)16-3/h1,6H,2H2. The molecule has 0 fully saturated rings. The van der Waals surface area contributed by atoms with Crippen molar-refractivity contribution in [3.63, 3.8) is 0 Å². The fourth-order valence-corrected chi connectivity index (χ4v) is 1.16. The summed E-state index contributed by atoms with van der Waals surface area (Å²) in [6, 6.07) is 0.519. The zero-order chi connectivity index (χ0) is 13.2. The van der Waals surface area contributed by atoms with Crippen molar-refractivity contribution in [1.29, 1.82) is 0 Å². The normalized spacial score (nSPS) is 12.0. The summed E-state index contributed by atoms with van der Waals surface area (Å²) in [5.41, 5.74) is -1.89. The lowest BCUT2D eigenvalue weighted by Crippen LogP contribution is -2.19. The largest absolute Gasteiger partial charge is 0.573 e. The Balaban J connectivity index is 3.27. The molecule has 0 aliphatic carbocycles. The molecule has 0 aliphatic rings. The lowest BCUT2D eigenvalue weighted by atomic mass is 10.2. The van der Waals surface area contributed by atoms with E-state index in [1.807, 2.05) is 0 Å². The van der Waals surface area contributed by atoms with Crippen molar-refractivity contribution in [1.82, 2.24) is 4.98 Å². The van der Waals surface area contributed by atoms with Crippen molar-refractivity contribution in [2.45, 2.75) is 18.7 Å². The molecule has 96 valence electrons. The highest BCUT2D eigenvalue weighted by Gasteiger charge is 2.35. The van der Waals surface area contributed by atoms with E-state index in [1.165, 1.54) is 0 Å². The van der Waals surface area contributed by atoms with E-state index in [9.17, 15) is 26.3 Å². The van der Waals surface area contributed by atoms with Crippen molar-refractivity contribution >= 4 is 11.6 Å². The first-order valence-electron chi connectivity index (χ1n) is 4.03. The molecule has 0 unspecified atom stereocenters. The highest BCUT2D eigenvalue weighted by atomic mass is 35.5. The number of hydrogen-bond donors (Lipinski definition) is 0. The van der Waals surface area contributed by atoms with Gasteiger partial charge in [-0.15, -0.1) is 24.8 Å². The summed E-state index contributed by atoms with van der Waals surface area (Å²) in [7, 11) is 0. The first kappa shape index (κ1) is 13.9. The van der Waals surface area contributed by atoms with Crippen LogP contribution in [0.2, 0.25) is 0 Å². The summed E-state index contributed by atoms with van der Waals surface area (Å²) in [5, 5.41) is 0. The number of rotatable bonds is 3. The fourth-order valence-electron chi connectivity index (χ4n) is 1.02. The Labute approximate surface area is 96.2 Å². The Morgan fingerprint density at radius 3 is 2.35 bits per heavy atom. The van der Waals surface area contributed by atoms with E-state index in [2.05, 4.69) is 9.72 Å². The minimum atomic E-state index is -5.21. The SMILES string of the molecule is Fc1nc(CCl)cc(OC(F)(F)F)c1C(F)F. The molecule has 0 saturated carbocycles. The lowest BCUT2D eigenvalue weighted by Gasteiger charge is -2.13. The Bertz CT molecular complexity index is 408. The summed E-state index contributed by atoms with van der Waals surface area (Å²) < 4.78 is 76.7. The van der Waals surface area contributed by atoms with E-state index < -0.39 is 35.9 Å². The molecule has 9 heteroatoms. The van der Waals surface area contributed by atoms with Gasteiger partial charge in [0.1, 0.15) is 11.3 Å². The lowest BCUT2D eigenvalue weighted by molar-refractivity contribution is -0.275. The van der Waals surface area contributed by atoms with Crippen LogP contribution in [0.25, 0.3) is 0 Å². The molecule has 2 nitrogen and oxygen atoms in total. The summed E-state index contributed by atoms with van der Waals surface area (Å²) >= 11 is 5.22. The molecule has 1 aromatic rings. The quantitative estimate of drug-likeness (QED) is 0.477. The molecule has 0 radical (unpaired) electrons. The zero-order valence-corrected chi connectivity index (χ0v) is 8.62. The molecule has 17 heavy (non-hydrogen) atoms. The van der Waals surface area contributed by atoms with Gasteiger partial charge in [0.25, 0.3) is 6.43 Å². The molecular weight excluding hydrogens is 276 g/mol. The maximum absolute atomic E-state index is 13.0. The topological polar surface area (TPSA) is 22.1 Å². The van der Waals surface area contributed by atoms with Crippen LogP contribution in [-0.2, 0) is 5.88 Å². The fraction of sp³-hybridized carbons (Fsp3) is 0.375. The van der Waals surface area contributed by atoms with Gasteiger partial charge < -0.3 is 4.74 Å².